The van der Waals surface area contributed by atoms with Crippen LogP contribution >= 0.6 is 11.3 Å². The molecule has 3 aromatic rings. The zero-order chi connectivity index (χ0) is 20.1. The molecule has 1 atom stereocenters. The second kappa shape index (κ2) is 9.21. The number of hydrogen-bond acceptors (Lipinski definition) is 2. The summed E-state index contributed by atoms with van der Waals surface area (Å²) in [7, 11) is 0. The van der Waals surface area contributed by atoms with Crippen molar-refractivity contribution in [2.75, 3.05) is 19.6 Å². The Balaban J connectivity index is 1.40. The molecule has 1 aliphatic rings. The maximum absolute atomic E-state index is 12.9. The molecule has 148 valence electrons. The SMILES string of the molecule is Cc1ccc([C@H]([NH2+]CC(=O)N2CC=C(c3ccccc3)CC2)c2cccs2)cc1. The van der Waals surface area contributed by atoms with Gasteiger partial charge < -0.3 is 10.2 Å². The molecule has 0 aliphatic carbocycles. The van der Waals surface area contributed by atoms with E-state index < -0.39 is 0 Å². The average molecular weight is 404 g/mol. The van der Waals surface area contributed by atoms with E-state index in [1.54, 1.807) is 11.3 Å². The molecule has 2 N–H and O–H groups in total. The first kappa shape index (κ1) is 19.6. The molecule has 29 heavy (non-hydrogen) atoms. The number of aryl methyl sites for hydroxylation is 1. The highest BCUT2D eigenvalue weighted by molar-refractivity contribution is 7.10. The third kappa shape index (κ3) is 4.84. The van der Waals surface area contributed by atoms with E-state index in [1.165, 1.54) is 27.1 Å². The number of benzene rings is 2. The molecular weight excluding hydrogens is 376 g/mol. The maximum atomic E-state index is 12.9. The van der Waals surface area contributed by atoms with Crippen molar-refractivity contribution < 1.29 is 10.1 Å². The highest BCUT2D eigenvalue weighted by Crippen LogP contribution is 2.24. The molecular formula is C25H27N2OS+. The summed E-state index contributed by atoms with van der Waals surface area (Å²) in [6.45, 7) is 4.06. The summed E-state index contributed by atoms with van der Waals surface area (Å²) in [4.78, 5) is 16.1. The van der Waals surface area contributed by atoms with E-state index in [2.05, 4.69) is 84.4 Å². The fourth-order valence-electron chi connectivity index (χ4n) is 3.82. The van der Waals surface area contributed by atoms with Gasteiger partial charge in [-0.1, -0.05) is 72.3 Å². The van der Waals surface area contributed by atoms with Gasteiger partial charge in [-0.25, -0.2) is 0 Å². The summed E-state index contributed by atoms with van der Waals surface area (Å²) in [5.74, 6) is 0.210. The van der Waals surface area contributed by atoms with Gasteiger partial charge in [0, 0.05) is 18.7 Å². The quantitative estimate of drug-likeness (QED) is 0.663. The molecule has 1 amide bonds. The Bertz CT molecular complexity index is 962. The van der Waals surface area contributed by atoms with Gasteiger partial charge in [0.15, 0.2) is 6.54 Å². The van der Waals surface area contributed by atoms with Crippen LogP contribution in [0.3, 0.4) is 0 Å². The zero-order valence-corrected chi connectivity index (χ0v) is 17.6. The van der Waals surface area contributed by atoms with Crippen molar-refractivity contribution in [2.45, 2.75) is 19.4 Å². The standard InChI is InChI=1S/C25H26N2OS/c1-19-9-11-22(12-10-19)25(23-8-5-17-29-23)26-18-24(28)27-15-13-21(14-16-27)20-6-3-2-4-7-20/h2-13,17,25-26H,14-16,18H2,1H3/p+1/t25-/m0/s1. The lowest BCUT2D eigenvalue weighted by Crippen LogP contribution is -2.87. The zero-order valence-electron chi connectivity index (χ0n) is 16.8. The Morgan fingerprint density at radius 3 is 2.52 bits per heavy atom. The van der Waals surface area contributed by atoms with Crippen LogP contribution in [0.4, 0.5) is 0 Å². The van der Waals surface area contributed by atoms with E-state index in [1.807, 2.05) is 11.0 Å². The Morgan fingerprint density at radius 1 is 1.07 bits per heavy atom. The van der Waals surface area contributed by atoms with Crippen LogP contribution in [0.15, 0.2) is 78.2 Å². The van der Waals surface area contributed by atoms with Gasteiger partial charge in [0.2, 0.25) is 0 Å². The third-order valence-electron chi connectivity index (χ3n) is 5.52. The minimum Gasteiger partial charge on any atom is -0.334 e. The van der Waals surface area contributed by atoms with Gasteiger partial charge in [-0.3, -0.25) is 4.79 Å². The minimum absolute atomic E-state index is 0.166. The third-order valence-corrected chi connectivity index (χ3v) is 6.48. The highest BCUT2D eigenvalue weighted by atomic mass is 32.1. The van der Waals surface area contributed by atoms with E-state index in [-0.39, 0.29) is 11.9 Å². The monoisotopic (exact) mass is 403 g/mol. The molecule has 0 spiro atoms. The molecule has 0 fully saturated rings. The first-order valence-electron chi connectivity index (χ1n) is 10.2. The van der Waals surface area contributed by atoms with E-state index in [0.717, 1.165) is 13.0 Å². The second-order valence-corrected chi connectivity index (χ2v) is 8.51. The number of rotatable bonds is 6. The predicted molar refractivity (Wildman–Crippen MR) is 120 cm³/mol. The van der Waals surface area contributed by atoms with Crippen molar-refractivity contribution in [3.8, 4) is 0 Å². The average Bonchev–Trinajstić information content (AvgIpc) is 3.30. The van der Waals surface area contributed by atoms with E-state index >= 15 is 0 Å². The smallest absolute Gasteiger partial charge is 0.278 e. The van der Waals surface area contributed by atoms with Gasteiger partial charge in [0.05, 0.1) is 4.88 Å². The molecule has 1 aliphatic heterocycles. The van der Waals surface area contributed by atoms with E-state index in [9.17, 15) is 4.79 Å². The Labute approximate surface area is 176 Å². The predicted octanol–water partition coefficient (Wildman–Crippen LogP) is 4.03. The molecule has 0 bridgehead atoms. The van der Waals surface area contributed by atoms with Crippen LogP contribution in [-0.4, -0.2) is 30.4 Å². The molecule has 1 aromatic heterocycles. The van der Waals surface area contributed by atoms with E-state index in [0.29, 0.717) is 13.1 Å². The first-order chi connectivity index (χ1) is 14.2. The molecule has 0 saturated heterocycles. The van der Waals surface area contributed by atoms with Crippen LogP contribution in [0.1, 0.15) is 34.0 Å². The summed E-state index contributed by atoms with van der Waals surface area (Å²) in [6, 6.07) is 23.5. The lowest BCUT2D eigenvalue weighted by Gasteiger charge is -2.26. The van der Waals surface area contributed by atoms with Gasteiger partial charge in [0.25, 0.3) is 5.91 Å². The molecule has 0 saturated carbocycles. The van der Waals surface area contributed by atoms with Crippen molar-refractivity contribution in [2.24, 2.45) is 0 Å². The normalized spacial score (nSPS) is 15.1. The molecule has 2 aromatic carbocycles. The fraction of sp³-hybridized carbons (Fsp3) is 0.240. The molecule has 0 radical (unpaired) electrons. The summed E-state index contributed by atoms with van der Waals surface area (Å²) in [5.41, 5.74) is 5.11. The van der Waals surface area contributed by atoms with Crippen molar-refractivity contribution in [1.82, 2.24) is 4.90 Å². The highest BCUT2D eigenvalue weighted by Gasteiger charge is 2.23. The number of carbonyl (C=O) groups is 1. The van der Waals surface area contributed by atoms with Gasteiger partial charge >= 0.3 is 0 Å². The van der Waals surface area contributed by atoms with Crippen molar-refractivity contribution >= 4 is 22.8 Å². The lowest BCUT2D eigenvalue weighted by atomic mass is 9.99. The number of nitrogens with zero attached hydrogens (tertiary/aromatic N) is 1. The van der Waals surface area contributed by atoms with Gasteiger partial charge in [-0.2, -0.15) is 0 Å². The van der Waals surface area contributed by atoms with Gasteiger partial charge in [-0.05, 0) is 35.9 Å². The summed E-state index contributed by atoms with van der Waals surface area (Å²) < 4.78 is 0. The Kier molecular flexibility index (Phi) is 6.23. The van der Waals surface area contributed by atoms with Gasteiger partial charge in [0.1, 0.15) is 6.04 Å². The van der Waals surface area contributed by atoms with Crippen LogP contribution in [0, 0.1) is 6.92 Å². The van der Waals surface area contributed by atoms with Crippen LogP contribution in [-0.2, 0) is 4.79 Å². The second-order valence-electron chi connectivity index (χ2n) is 7.53. The van der Waals surface area contributed by atoms with Crippen LogP contribution in [0.5, 0.6) is 0 Å². The molecule has 4 heteroatoms. The number of amides is 1. The number of quaternary nitrogens is 1. The van der Waals surface area contributed by atoms with Gasteiger partial charge in [-0.15, -0.1) is 11.3 Å². The van der Waals surface area contributed by atoms with Crippen LogP contribution in [0.25, 0.3) is 5.57 Å². The maximum Gasteiger partial charge on any atom is 0.278 e. The minimum atomic E-state index is 0.166. The summed E-state index contributed by atoms with van der Waals surface area (Å²) >= 11 is 1.75. The molecule has 2 heterocycles. The number of carbonyl (C=O) groups excluding carboxylic acids is 1. The van der Waals surface area contributed by atoms with Crippen LogP contribution < -0.4 is 5.32 Å². The largest absolute Gasteiger partial charge is 0.334 e. The topological polar surface area (TPSA) is 36.9 Å². The number of thiophene rings is 1. The summed E-state index contributed by atoms with van der Waals surface area (Å²) in [5, 5.41) is 4.28. The van der Waals surface area contributed by atoms with E-state index in [4.69, 9.17) is 0 Å². The van der Waals surface area contributed by atoms with Crippen molar-refractivity contribution in [1.29, 1.82) is 0 Å². The molecule has 0 unspecified atom stereocenters. The first-order valence-corrected chi connectivity index (χ1v) is 11.0. The van der Waals surface area contributed by atoms with Crippen molar-refractivity contribution in [3.63, 3.8) is 0 Å². The molecule has 3 nitrogen and oxygen atoms in total. The van der Waals surface area contributed by atoms with Crippen molar-refractivity contribution in [3.05, 3.63) is 99.8 Å². The summed E-state index contributed by atoms with van der Waals surface area (Å²) in [6.07, 6.45) is 3.12. The molecule has 4 rings (SSSR count). The van der Waals surface area contributed by atoms with Crippen LogP contribution in [0.2, 0.25) is 0 Å². The number of nitrogens with two attached hydrogens (primary N) is 1. The Hall–Kier alpha value is -2.69. The lowest BCUT2D eigenvalue weighted by molar-refractivity contribution is -0.676. The fourth-order valence-corrected chi connectivity index (χ4v) is 4.67. The number of hydrogen-bond donors (Lipinski definition) is 1. The Morgan fingerprint density at radius 2 is 1.86 bits per heavy atom.